The molecule has 5 nitrogen and oxygen atoms in total. The summed E-state index contributed by atoms with van der Waals surface area (Å²) < 4.78 is 25.5. The molecule has 0 unspecified atom stereocenters. The quantitative estimate of drug-likeness (QED) is 0.812. The van der Waals surface area contributed by atoms with E-state index in [4.69, 9.17) is 11.6 Å². The van der Waals surface area contributed by atoms with Gasteiger partial charge in [0.15, 0.2) is 0 Å². The second kappa shape index (κ2) is 6.98. The summed E-state index contributed by atoms with van der Waals surface area (Å²) in [6.45, 7) is 1.64. The molecule has 1 aliphatic heterocycles. The smallest absolute Gasteiger partial charge is 0.229 e. The van der Waals surface area contributed by atoms with Crippen LogP contribution >= 0.6 is 39.9 Å². The van der Waals surface area contributed by atoms with E-state index in [2.05, 4.69) is 31.0 Å². The van der Waals surface area contributed by atoms with Gasteiger partial charge in [-0.1, -0.05) is 17.7 Å². The van der Waals surface area contributed by atoms with Gasteiger partial charge in [0.05, 0.1) is 23.5 Å². The van der Waals surface area contributed by atoms with Crippen molar-refractivity contribution < 1.29 is 8.42 Å². The van der Waals surface area contributed by atoms with Gasteiger partial charge in [0.2, 0.25) is 10.0 Å². The van der Waals surface area contributed by atoms with E-state index in [1.54, 1.807) is 6.07 Å². The Morgan fingerprint density at radius 1 is 1.50 bits per heavy atom. The first-order chi connectivity index (χ1) is 8.87. The number of hydrogen-bond acceptors (Lipinski definition) is 4. The Morgan fingerprint density at radius 2 is 2.20 bits per heavy atom. The van der Waals surface area contributed by atoms with Crippen molar-refractivity contribution in [2.75, 3.05) is 24.1 Å². The number of aliphatic imine (C=N–C) groups is 1. The zero-order chi connectivity index (χ0) is 14.0. The fourth-order valence-electron chi connectivity index (χ4n) is 1.75. The lowest BCUT2D eigenvalue weighted by Crippen LogP contribution is -2.20. The molecule has 1 aromatic carbocycles. The number of halogens is 3. The number of nitrogens with zero attached hydrogens (tertiary/aromatic N) is 1. The minimum Gasteiger partial charge on any atom is -0.372 e. The average Bonchev–Trinajstić information content (AvgIpc) is 2.80. The molecule has 2 N–H and O–H groups in total. The first-order valence-electron chi connectivity index (χ1n) is 5.58. The highest BCUT2D eigenvalue weighted by molar-refractivity contribution is 9.10. The minimum atomic E-state index is -3.34. The molecule has 0 fully saturated rings. The highest BCUT2D eigenvalue weighted by Crippen LogP contribution is 2.34. The summed E-state index contributed by atoms with van der Waals surface area (Å²) in [4.78, 5) is 4.31. The highest BCUT2D eigenvalue weighted by atomic mass is 79.9. The van der Waals surface area contributed by atoms with E-state index < -0.39 is 10.0 Å². The molecule has 0 spiro atoms. The second-order valence-electron chi connectivity index (χ2n) is 4.21. The Balaban J connectivity index is 0.00000200. The van der Waals surface area contributed by atoms with Crippen molar-refractivity contribution in [2.24, 2.45) is 4.99 Å². The van der Waals surface area contributed by atoms with Crippen LogP contribution in [0.2, 0.25) is 5.02 Å². The third-order valence-electron chi connectivity index (χ3n) is 2.56. The average molecular weight is 403 g/mol. The number of anilines is 1. The molecule has 0 aliphatic carbocycles. The maximum atomic E-state index is 11.2. The minimum absolute atomic E-state index is 0. The van der Waals surface area contributed by atoms with E-state index in [1.165, 1.54) is 0 Å². The van der Waals surface area contributed by atoms with Crippen molar-refractivity contribution in [2.45, 2.75) is 6.42 Å². The van der Waals surface area contributed by atoms with Crippen molar-refractivity contribution >= 4 is 61.5 Å². The van der Waals surface area contributed by atoms with E-state index in [-0.39, 0.29) is 12.4 Å². The number of rotatable bonds is 4. The predicted molar refractivity (Wildman–Crippen MR) is 88.9 cm³/mol. The Hall–Kier alpha value is -0.500. The lowest BCUT2D eigenvalue weighted by molar-refractivity contribution is 0.607. The lowest BCUT2D eigenvalue weighted by Gasteiger charge is -2.11. The van der Waals surface area contributed by atoms with Gasteiger partial charge in [-0.2, -0.15) is 0 Å². The van der Waals surface area contributed by atoms with Crippen LogP contribution in [0.3, 0.4) is 0 Å². The van der Waals surface area contributed by atoms with Crippen molar-refractivity contribution in [1.82, 2.24) is 5.32 Å². The predicted octanol–water partition coefficient (Wildman–Crippen LogP) is 2.44. The third kappa shape index (κ3) is 4.51. The van der Waals surface area contributed by atoms with Gasteiger partial charge in [0, 0.05) is 17.4 Å². The van der Waals surface area contributed by atoms with Gasteiger partial charge in [-0.15, -0.1) is 12.4 Å². The van der Waals surface area contributed by atoms with Crippen molar-refractivity contribution in [1.29, 1.82) is 0 Å². The molecule has 0 saturated heterocycles. The number of nitrogens with one attached hydrogen (secondary N) is 2. The van der Waals surface area contributed by atoms with E-state index in [1.807, 2.05) is 6.07 Å². The summed E-state index contributed by atoms with van der Waals surface area (Å²) in [6.07, 6.45) is 1.72. The Morgan fingerprint density at radius 3 is 2.75 bits per heavy atom. The maximum Gasteiger partial charge on any atom is 0.229 e. The van der Waals surface area contributed by atoms with Crippen LogP contribution in [0.4, 0.5) is 5.69 Å². The van der Waals surface area contributed by atoms with Gasteiger partial charge in [-0.05, 0) is 27.6 Å². The summed E-state index contributed by atoms with van der Waals surface area (Å²) >= 11 is 9.55. The summed E-state index contributed by atoms with van der Waals surface area (Å²) in [7, 11) is -3.34. The molecule has 0 aromatic heterocycles. The second-order valence-corrected chi connectivity index (χ2v) is 7.13. The molecule has 0 bridgehead atoms. The molecule has 0 saturated carbocycles. The molecular weight excluding hydrogens is 389 g/mol. The van der Waals surface area contributed by atoms with Crippen LogP contribution in [0.5, 0.6) is 0 Å². The number of benzene rings is 1. The van der Waals surface area contributed by atoms with Crippen molar-refractivity contribution in [3.63, 3.8) is 0 Å². The third-order valence-corrected chi connectivity index (χ3v) is 4.68. The number of hydrogen-bond donors (Lipinski definition) is 2. The first-order valence-corrected chi connectivity index (χ1v) is 8.65. The fraction of sp³-hybridized carbons (Fsp3) is 0.364. The van der Waals surface area contributed by atoms with E-state index >= 15 is 0 Å². The molecule has 0 radical (unpaired) electrons. The van der Waals surface area contributed by atoms with E-state index in [9.17, 15) is 8.42 Å². The van der Waals surface area contributed by atoms with Crippen molar-refractivity contribution in [3.05, 3.63) is 27.2 Å². The molecule has 20 heavy (non-hydrogen) atoms. The molecule has 1 heterocycles. The van der Waals surface area contributed by atoms with Crippen LogP contribution in [0, 0.1) is 0 Å². The van der Waals surface area contributed by atoms with Gasteiger partial charge in [-0.3, -0.25) is 9.71 Å². The largest absolute Gasteiger partial charge is 0.372 e. The Bertz CT molecular complexity index is 635. The van der Waals surface area contributed by atoms with E-state index in [0.29, 0.717) is 21.6 Å². The Kier molecular flexibility index (Phi) is 6.12. The van der Waals surface area contributed by atoms with Crippen LogP contribution in [0.1, 0.15) is 5.56 Å². The maximum absolute atomic E-state index is 11.2. The molecule has 1 aromatic rings. The molecule has 2 rings (SSSR count). The summed E-state index contributed by atoms with van der Waals surface area (Å²) in [5, 5.41) is 3.53. The van der Waals surface area contributed by atoms with Crippen LogP contribution < -0.4 is 10.0 Å². The normalized spacial score (nSPS) is 14.2. The van der Waals surface area contributed by atoms with Gasteiger partial charge < -0.3 is 5.32 Å². The molecular formula is C11H14BrCl2N3O2S. The number of sulfonamides is 1. The molecule has 9 heteroatoms. The Labute approximate surface area is 137 Å². The summed E-state index contributed by atoms with van der Waals surface area (Å²) in [5.41, 5.74) is 1.32. The number of amidine groups is 1. The SMILES string of the molecule is CS(=O)(=O)Nc1ccc(CC2=NCCN2)c(Br)c1Cl.Cl. The summed E-state index contributed by atoms with van der Waals surface area (Å²) in [5.74, 6) is 0.917. The van der Waals surface area contributed by atoms with Gasteiger partial charge in [-0.25, -0.2) is 8.42 Å². The fourth-order valence-corrected chi connectivity index (χ4v) is 3.09. The molecule has 112 valence electrons. The molecule has 0 atom stereocenters. The van der Waals surface area contributed by atoms with Gasteiger partial charge in [0.1, 0.15) is 5.84 Å². The highest BCUT2D eigenvalue weighted by Gasteiger charge is 2.14. The summed E-state index contributed by atoms with van der Waals surface area (Å²) in [6, 6.07) is 3.48. The van der Waals surface area contributed by atoms with Crippen LogP contribution in [-0.2, 0) is 16.4 Å². The molecule has 1 aliphatic rings. The van der Waals surface area contributed by atoms with Crippen molar-refractivity contribution in [3.8, 4) is 0 Å². The van der Waals surface area contributed by atoms with Gasteiger partial charge >= 0.3 is 0 Å². The molecule has 0 amide bonds. The zero-order valence-electron chi connectivity index (χ0n) is 10.6. The van der Waals surface area contributed by atoms with Crippen LogP contribution in [0.15, 0.2) is 21.6 Å². The first kappa shape index (κ1) is 17.6. The van der Waals surface area contributed by atoms with Gasteiger partial charge in [0.25, 0.3) is 0 Å². The van der Waals surface area contributed by atoms with Crippen LogP contribution in [-0.4, -0.2) is 33.6 Å². The lowest BCUT2D eigenvalue weighted by atomic mass is 10.1. The topological polar surface area (TPSA) is 70.6 Å². The standard InChI is InChI=1S/C11H13BrClN3O2S.ClH/c1-19(17,18)16-8-3-2-7(10(12)11(8)13)6-9-14-4-5-15-9;/h2-3,16H,4-6H2,1H3,(H,14,15);1H. The zero-order valence-corrected chi connectivity index (χ0v) is 14.6. The van der Waals surface area contributed by atoms with E-state index in [0.717, 1.165) is 30.7 Å². The monoisotopic (exact) mass is 401 g/mol. The van der Waals surface area contributed by atoms with Crippen LogP contribution in [0.25, 0.3) is 0 Å².